The Morgan fingerprint density at radius 3 is 2.52 bits per heavy atom. The molecule has 0 aromatic carbocycles. The molecular formula is C16H26N4O. The summed E-state index contributed by atoms with van der Waals surface area (Å²) in [6.45, 7) is 6.64. The number of likely N-dealkylation sites (tertiary alicyclic amines) is 2. The number of hydrogen-bond donors (Lipinski definition) is 0. The van der Waals surface area contributed by atoms with Crippen molar-refractivity contribution in [1.82, 2.24) is 19.6 Å². The number of nitrogens with zero attached hydrogens (tertiary/aromatic N) is 4. The lowest BCUT2D eigenvalue weighted by atomic mass is 10.00. The van der Waals surface area contributed by atoms with Crippen molar-refractivity contribution in [1.29, 1.82) is 0 Å². The van der Waals surface area contributed by atoms with Gasteiger partial charge in [-0.3, -0.25) is 9.48 Å². The first-order chi connectivity index (χ1) is 10.2. The van der Waals surface area contributed by atoms with Crippen LogP contribution in [0.25, 0.3) is 0 Å². The van der Waals surface area contributed by atoms with Crippen LogP contribution in [-0.2, 0) is 11.3 Å². The smallest absolute Gasteiger partial charge is 0.244 e. The van der Waals surface area contributed by atoms with Crippen LogP contribution < -0.4 is 0 Å². The summed E-state index contributed by atoms with van der Waals surface area (Å²) < 4.78 is 1.74. The average molecular weight is 290 g/mol. The lowest BCUT2D eigenvalue weighted by molar-refractivity contribution is -0.133. The number of piperidine rings is 2. The molecule has 2 saturated heterocycles. The van der Waals surface area contributed by atoms with Crippen molar-refractivity contribution in [2.45, 2.75) is 51.6 Å². The second-order valence-corrected chi connectivity index (χ2v) is 6.36. The second-order valence-electron chi connectivity index (χ2n) is 6.36. The minimum atomic E-state index is 0.204. The third-order valence-electron chi connectivity index (χ3n) is 4.80. The van der Waals surface area contributed by atoms with Gasteiger partial charge >= 0.3 is 0 Å². The highest BCUT2D eigenvalue weighted by molar-refractivity contribution is 5.76. The average Bonchev–Trinajstić information content (AvgIpc) is 2.93. The highest BCUT2D eigenvalue weighted by atomic mass is 16.2. The third kappa shape index (κ3) is 3.64. The van der Waals surface area contributed by atoms with Gasteiger partial charge in [0.25, 0.3) is 0 Å². The second kappa shape index (κ2) is 6.60. The third-order valence-corrected chi connectivity index (χ3v) is 4.80. The van der Waals surface area contributed by atoms with Crippen molar-refractivity contribution in [2.24, 2.45) is 0 Å². The van der Waals surface area contributed by atoms with Crippen molar-refractivity contribution >= 4 is 5.91 Å². The first kappa shape index (κ1) is 14.6. The Labute approximate surface area is 126 Å². The molecule has 1 amide bonds. The predicted molar refractivity (Wildman–Crippen MR) is 82.0 cm³/mol. The normalized spacial score (nSPS) is 21.7. The van der Waals surface area contributed by atoms with Crippen molar-refractivity contribution in [3.8, 4) is 0 Å². The van der Waals surface area contributed by atoms with Gasteiger partial charge in [-0.25, -0.2) is 0 Å². The van der Waals surface area contributed by atoms with Crippen molar-refractivity contribution in [2.75, 3.05) is 26.2 Å². The Hall–Kier alpha value is -1.36. The molecule has 1 aromatic rings. The lowest BCUT2D eigenvalue weighted by Crippen LogP contribution is -2.48. The Kier molecular flexibility index (Phi) is 4.58. The maximum Gasteiger partial charge on any atom is 0.244 e. The minimum absolute atomic E-state index is 0.204. The van der Waals surface area contributed by atoms with Crippen LogP contribution in [0, 0.1) is 6.92 Å². The van der Waals surface area contributed by atoms with Gasteiger partial charge in [-0.15, -0.1) is 0 Å². The molecule has 2 aliphatic heterocycles. The molecule has 3 heterocycles. The molecule has 21 heavy (non-hydrogen) atoms. The van der Waals surface area contributed by atoms with Gasteiger partial charge in [0.15, 0.2) is 0 Å². The summed E-state index contributed by atoms with van der Waals surface area (Å²) in [4.78, 5) is 17.0. The fourth-order valence-corrected chi connectivity index (χ4v) is 3.55. The van der Waals surface area contributed by atoms with E-state index in [2.05, 4.69) is 10.00 Å². The maximum atomic E-state index is 12.3. The van der Waals surface area contributed by atoms with E-state index >= 15 is 0 Å². The predicted octanol–water partition coefficient (Wildman–Crippen LogP) is 1.67. The number of amides is 1. The van der Waals surface area contributed by atoms with Gasteiger partial charge < -0.3 is 9.80 Å². The minimum Gasteiger partial charge on any atom is -0.341 e. The highest BCUT2D eigenvalue weighted by Gasteiger charge is 2.27. The molecular weight excluding hydrogens is 264 g/mol. The van der Waals surface area contributed by atoms with Gasteiger partial charge in [0, 0.05) is 25.3 Å². The standard InChI is InChI=1S/C16H26N4O/c1-14-5-12-20(17-14)13-16(21)19-10-6-15(7-11-19)18-8-3-2-4-9-18/h5,12,15H,2-4,6-11,13H2,1H3. The van der Waals surface area contributed by atoms with Crippen molar-refractivity contribution in [3.63, 3.8) is 0 Å². The van der Waals surface area contributed by atoms with Crippen LogP contribution >= 0.6 is 0 Å². The van der Waals surface area contributed by atoms with E-state index in [1.54, 1.807) is 4.68 Å². The largest absolute Gasteiger partial charge is 0.341 e. The summed E-state index contributed by atoms with van der Waals surface area (Å²) in [6, 6.07) is 2.64. The van der Waals surface area contributed by atoms with Crippen LogP contribution in [0.4, 0.5) is 0 Å². The molecule has 3 rings (SSSR count). The van der Waals surface area contributed by atoms with Crippen LogP contribution in [0.3, 0.4) is 0 Å². The maximum absolute atomic E-state index is 12.3. The number of aryl methyl sites for hydroxylation is 1. The van der Waals surface area contributed by atoms with E-state index in [0.29, 0.717) is 12.6 Å². The van der Waals surface area contributed by atoms with Crippen molar-refractivity contribution in [3.05, 3.63) is 18.0 Å². The van der Waals surface area contributed by atoms with Gasteiger partial charge in [0.1, 0.15) is 6.54 Å². The van der Waals surface area contributed by atoms with Crippen molar-refractivity contribution < 1.29 is 4.79 Å². The van der Waals surface area contributed by atoms with Gasteiger partial charge in [0.05, 0.1) is 5.69 Å². The Morgan fingerprint density at radius 2 is 1.90 bits per heavy atom. The zero-order chi connectivity index (χ0) is 14.7. The first-order valence-corrected chi connectivity index (χ1v) is 8.24. The first-order valence-electron chi connectivity index (χ1n) is 8.24. The van der Waals surface area contributed by atoms with E-state index in [0.717, 1.165) is 31.6 Å². The molecule has 1 aromatic heterocycles. The number of aromatic nitrogens is 2. The zero-order valence-electron chi connectivity index (χ0n) is 13.0. The molecule has 0 unspecified atom stereocenters. The lowest BCUT2D eigenvalue weighted by Gasteiger charge is -2.40. The number of hydrogen-bond acceptors (Lipinski definition) is 3. The fraction of sp³-hybridized carbons (Fsp3) is 0.750. The zero-order valence-corrected chi connectivity index (χ0v) is 13.0. The van der Waals surface area contributed by atoms with Gasteiger partial charge in [-0.2, -0.15) is 5.10 Å². The van der Waals surface area contributed by atoms with E-state index in [9.17, 15) is 4.79 Å². The molecule has 0 aliphatic carbocycles. The number of carbonyl (C=O) groups is 1. The van der Waals surface area contributed by atoms with Crippen LogP contribution in [0.2, 0.25) is 0 Å². The molecule has 0 N–H and O–H groups in total. The summed E-state index contributed by atoms with van der Waals surface area (Å²) in [5.74, 6) is 0.204. The van der Waals surface area contributed by atoms with E-state index in [4.69, 9.17) is 0 Å². The summed E-state index contributed by atoms with van der Waals surface area (Å²) in [7, 11) is 0. The molecule has 0 bridgehead atoms. The molecule has 0 saturated carbocycles. The SMILES string of the molecule is Cc1ccn(CC(=O)N2CCC(N3CCCCC3)CC2)n1. The molecule has 0 atom stereocenters. The molecule has 2 aliphatic rings. The number of carbonyl (C=O) groups excluding carboxylic acids is 1. The molecule has 2 fully saturated rings. The monoisotopic (exact) mass is 290 g/mol. The molecule has 5 heteroatoms. The van der Waals surface area contributed by atoms with Gasteiger partial charge in [0.2, 0.25) is 5.91 Å². The summed E-state index contributed by atoms with van der Waals surface area (Å²) >= 11 is 0. The fourth-order valence-electron chi connectivity index (χ4n) is 3.55. The van der Waals surface area contributed by atoms with E-state index in [1.165, 1.54) is 32.4 Å². The van der Waals surface area contributed by atoms with Gasteiger partial charge in [-0.05, 0) is 51.8 Å². The summed E-state index contributed by atoms with van der Waals surface area (Å²) in [5.41, 5.74) is 0.964. The van der Waals surface area contributed by atoms with Gasteiger partial charge in [-0.1, -0.05) is 6.42 Å². The Balaban J connectivity index is 1.47. The Bertz CT molecular complexity index is 470. The summed E-state index contributed by atoms with van der Waals surface area (Å²) in [6.07, 6.45) is 8.22. The highest BCUT2D eigenvalue weighted by Crippen LogP contribution is 2.21. The number of rotatable bonds is 3. The Morgan fingerprint density at radius 1 is 1.19 bits per heavy atom. The molecule has 5 nitrogen and oxygen atoms in total. The molecule has 0 radical (unpaired) electrons. The van der Waals surface area contributed by atoms with Crippen LogP contribution in [0.1, 0.15) is 37.8 Å². The molecule has 116 valence electrons. The summed E-state index contributed by atoms with van der Waals surface area (Å²) in [5, 5.41) is 4.29. The van der Waals surface area contributed by atoms with E-state index < -0.39 is 0 Å². The van der Waals surface area contributed by atoms with E-state index in [1.807, 2.05) is 24.1 Å². The van der Waals surface area contributed by atoms with Crippen LogP contribution in [0.15, 0.2) is 12.3 Å². The van der Waals surface area contributed by atoms with E-state index in [-0.39, 0.29) is 5.91 Å². The molecule has 0 spiro atoms. The van der Waals surface area contributed by atoms with Crippen LogP contribution in [0.5, 0.6) is 0 Å². The quantitative estimate of drug-likeness (QED) is 0.850. The topological polar surface area (TPSA) is 41.4 Å². The van der Waals surface area contributed by atoms with Crippen LogP contribution in [-0.4, -0.2) is 57.7 Å².